The van der Waals surface area contributed by atoms with Gasteiger partial charge < -0.3 is 32.5 Å². The molecule has 0 spiro atoms. The summed E-state index contributed by atoms with van der Waals surface area (Å²) in [6, 6.07) is 17.7. The summed E-state index contributed by atoms with van der Waals surface area (Å²) in [4.78, 5) is 32.6. The van der Waals surface area contributed by atoms with Gasteiger partial charge in [-0.05, 0) is 80.9 Å². The lowest BCUT2D eigenvalue weighted by atomic mass is 10.1. The van der Waals surface area contributed by atoms with Crippen molar-refractivity contribution in [3.05, 3.63) is 95.6 Å². The number of pyridine rings is 2. The van der Waals surface area contributed by atoms with E-state index >= 15 is 0 Å². The van der Waals surface area contributed by atoms with E-state index in [0.29, 0.717) is 44.6 Å². The molecule has 2 heterocycles. The van der Waals surface area contributed by atoms with Crippen LogP contribution < -0.4 is 27.4 Å². The van der Waals surface area contributed by atoms with Crippen molar-refractivity contribution in [2.45, 2.75) is 44.9 Å². The van der Waals surface area contributed by atoms with Crippen molar-refractivity contribution in [1.29, 1.82) is 0 Å². The molecule has 0 radical (unpaired) electrons. The first-order valence-corrected chi connectivity index (χ1v) is 12.8. The standard InChI is InChI=1S/C25H29N5O3.C3H10N2/c31-24(20-11-9-19(10-12-20)16-27-18-22-7-2-4-15-29-22)30-23(25(32)33)8-5-13-26-17-21-6-1-3-14-28-21;4-2-1-3-5/h1-4,6-7,9-12,14-15,23,26-27H,5,8,13,16-18H2,(H,30,31)(H,32,33);1-5H2/t23-;/m0./s1. The zero-order chi connectivity index (χ0) is 27.4. The molecule has 8 N–H and O–H groups in total. The van der Waals surface area contributed by atoms with E-state index in [2.05, 4.69) is 25.9 Å². The normalized spacial score (nSPS) is 11.2. The van der Waals surface area contributed by atoms with Gasteiger partial charge in [-0.3, -0.25) is 14.8 Å². The molecular formula is C28H39N7O3. The van der Waals surface area contributed by atoms with E-state index in [1.54, 1.807) is 24.5 Å². The van der Waals surface area contributed by atoms with Gasteiger partial charge in [-0.1, -0.05) is 24.3 Å². The topological polar surface area (TPSA) is 168 Å². The number of nitrogens with two attached hydrogens (primary N) is 2. The summed E-state index contributed by atoms with van der Waals surface area (Å²) >= 11 is 0. The van der Waals surface area contributed by atoms with Crippen molar-refractivity contribution in [1.82, 2.24) is 25.9 Å². The van der Waals surface area contributed by atoms with Crippen molar-refractivity contribution in [3.8, 4) is 0 Å². The largest absolute Gasteiger partial charge is 0.480 e. The molecule has 10 nitrogen and oxygen atoms in total. The predicted molar refractivity (Wildman–Crippen MR) is 148 cm³/mol. The average Bonchev–Trinajstić information content (AvgIpc) is 2.94. The smallest absolute Gasteiger partial charge is 0.326 e. The Bertz CT molecular complexity index is 1050. The molecule has 1 aromatic carbocycles. The molecule has 1 amide bonds. The molecule has 3 rings (SSSR count). The lowest BCUT2D eigenvalue weighted by Gasteiger charge is -2.15. The number of rotatable bonds is 15. The van der Waals surface area contributed by atoms with Gasteiger partial charge >= 0.3 is 5.97 Å². The number of aliphatic carboxylic acids is 1. The highest BCUT2D eigenvalue weighted by molar-refractivity contribution is 5.96. The third-order valence-electron chi connectivity index (χ3n) is 5.47. The highest BCUT2D eigenvalue weighted by Crippen LogP contribution is 2.07. The molecule has 0 aliphatic carbocycles. The summed E-state index contributed by atoms with van der Waals surface area (Å²) in [6.45, 7) is 3.99. The van der Waals surface area contributed by atoms with Gasteiger partial charge in [0, 0.05) is 37.6 Å². The molecule has 0 fully saturated rings. The van der Waals surface area contributed by atoms with E-state index in [1.165, 1.54) is 0 Å². The first-order valence-electron chi connectivity index (χ1n) is 12.8. The van der Waals surface area contributed by atoms with Crippen LogP contribution in [0.5, 0.6) is 0 Å². The summed E-state index contributed by atoms with van der Waals surface area (Å²) in [6.07, 6.45) is 5.39. The number of carbonyl (C=O) groups excluding carboxylic acids is 1. The first-order chi connectivity index (χ1) is 18.5. The third-order valence-corrected chi connectivity index (χ3v) is 5.47. The third kappa shape index (κ3) is 12.5. The average molecular weight is 522 g/mol. The van der Waals surface area contributed by atoms with E-state index in [0.717, 1.165) is 36.5 Å². The lowest BCUT2D eigenvalue weighted by Crippen LogP contribution is -2.41. The van der Waals surface area contributed by atoms with Crippen LogP contribution in [0.4, 0.5) is 0 Å². The monoisotopic (exact) mass is 521 g/mol. The van der Waals surface area contributed by atoms with Crippen LogP contribution in [0.3, 0.4) is 0 Å². The second kappa shape index (κ2) is 18.5. The number of aromatic nitrogens is 2. The maximum atomic E-state index is 12.5. The van der Waals surface area contributed by atoms with Crippen LogP contribution in [-0.4, -0.2) is 52.6 Å². The van der Waals surface area contributed by atoms with Crippen LogP contribution in [0, 0.1) is 0 Å². The quantitative estimate of drug-likeness (QED) is 0.163. The Labute approximate surface area is 224 Å². The fourth-order valence-corrected chi connectivity index (χ4v) is 3.38. The first kappa shape index (κ1) is 30.5. The van der Waals surface area contributed by atoms with E-state index < -0.39 is 17.9 Å². The number of carboxylic acid groups (broad SMARTS) is 1. The number of carbonyl (C=O) groups is 2. The highest BCUT2D eigenvalue weighted by atomic mass is 16.4. The minimum absolute atomic E-state index is 0.339. The van der Waals surface area contributed by atoms with Crippen molar-refractivity contribution in [2.75, 3.05) is 19.6 Å². The van der Waals surface area contributed by atoms with Gasteiger partial charge in [-0.25, -0.2) is 4.79 Å². The van der Waals surface area contributed by atoms with Crippen LogP contribution in [-0.2, 0) is 24.4 Å². The second-order valence-corrected chi connectivity index (χ2v) is 8.56. The van der Waals surface area contributed by atoms with Crippen LogP contribution in [0.15, 0.2) is 73.1 Å². The fourth-order valence-electron chi connectivity index (χ4n) is 3.38. The van der Waals surface area contributed by atoms with Crippen LogP contribution in [0.2, 0.25) is 0 Å². The maximum Gasteiger partial charge on any atom is 0.326 e. The number of benzene rings is 1. The highest BCUT2D eigenvalue weighted by Gasteiger charge is 2.20. The summed E-state index contributed by atoms with van der Waals surface area (Å²) in [5.74, 6) is -1.43. The molecule has 204 valence electrons. The van der Waals surface area contributed by atoms with Gasteiger partial charge in [-0.2, -0.15) is 0 Å². The Morgan fingerprint density at radius 3 is 1.89 bits per heavy atom. The molecule has 1 atom stereocenters. The minimum Gasteiger partial charge on any atom is -0.480 e. The van der Waals surface area contributed by atoms with Gasteiger partial charge in [0.15, 0.2) is 0 Å². The number of hydrogen-bond donors (Lipinski definition) is 6. The van der Waals surface area contributed by atoms with Gasteiger partial charge in [0.2, 0.25) is 0 Å². The Morgan fingerprint density at radius 2 is 1.39 bits per heavy atom. The summed E-state index contributed by atoms with van der Waals surface area (Å²) in [5, 5.41) is 18.6. The number of amides is 1. The number of nitrogens with one attached hydrogen (secondary N) is 3. The maximum absolute atomic E-state index is 12.5. The van der Waals surface area contributed by atoms with Crippen LogP contribution >= 0.6 is 0 Å². The van der Waals surface area contributed by atoms with Crippen molar-refractivity contribution >= 4 is 11.9 Å². The molecule has 0 aliphatic rings. The van der Waals surface area contributed by atoms with E-state index in [1.807, 2.05) is 48.5 Å². The Kier molecular flexibility index (Phi) is 14.9. The molecule has 38 heavy (non-hydrogen) atoms. The Balaban J connectivity index is 0.000000926. The van der Waals surface area contributed by atoms with Crippen LogP contribution in [0.25, 0.3) is 0 Å². The molecule has 0 saturated carbocycles. The molecule has 10 heteroatoms. The molecule has 0 saturated heterocycles. The molecular weight excluding hydrogens is 482 g/mol. The summed E-state index contributed by atoms with van der Waals surface area (Å²) in [7, 11) is 0. The number of hydrogen-bond acceptors (Lipinski definition) is 8. The summed E-state index contributed by atoms with van der Waals surface area (Å²) < 4.78 is 0. The van der Waals surface area contributed by atoms with Gasteiger partial charge in [0.25, 0.3) is 5.91 Å². The Hall–Kier alpha value is -3.70. The molecule has 3 aromatic rings. The van der Waals surface area contributed by atoms with Crippen LogP contribution in [0.1, 0.15) is 46.6 Å². The van der Waals surface area contributed by atoms with Crippen molar-refractivity contribution in [2.24, 2.45) is 11.5 Å². The second-order valence-electron chi connectivity index (χ2n) is 8.56. The minimum atomic E-state index is -1.04. The van der Waals surface area contributed by atoms with E-state index in [-0.39, 0.29) is 0 Å². The van der Waals surface area contributed by atoms with Gasteiger partial charge in [0.1, 0.15) is 6.04 Å². The predicted octanol–water partition coefficient (Wildman–Crippen LogP) is 1.81. The van der Waals surface area contributed by atoms with Crippen molar-refractivity contribution < 1.29 is 14.7 Å². The molecule has 0 bridgehead atoms. The zero-order valence-corrected chi connectivity index (χ0v) is 21.7. The van der Waals surface area contributed by atoms with E-state index in [9.17, 15) is 14.7 Å². The Morgan fingerprint density at radius 1 is 0.789 bits per heavy atom. The molecule has 0 aliphatic heterocycles. The molecule has 2 aromatic heterocycles. The SMILES string of the molecule is NCCCN.O=C(N[C@@H](CCCNCc1ccccn1)C(=O)O)c1ccc(CNCc2ccccn2)cc1. The number of nitrogens with zero attached hydrogens (tertiary/aromatic N) is 2. The van der Waals surface area contributed by atoms with Gasteiger partial charge in [-0.15, -0.1) is 0 Å². The summed E-state index contributed by atoms with van der Waals surface area (Å²) in [5.41, 5.74) is 13.5. The zero-order valence-electron chi connectivity index (χ0n) is 21.7. The molecule has 0 unspecified atom stereocenters. The van der Waals surface area contributed by atoms with Crippen molar-refractivity contribution in [3.63, 3.8) is 0 Å². The number of carboxylic acids is 1. The lowest BCUT2D eigenvalue weighted by molar-refractivity contribution is -0.139. The fraction of sp³-hybridized carbons (Fsp3) is 0.357. The van der Waals surface area contributed by atoms with Gasteiger partial charge in [0.05, 0.1) is 11.4 Å². The van der Waals surface area contributed by atoms with E-state index in [4.69, 9.17) is 11.5 Å².